The molecule has 1 aliphatic heterocycles. The molecule has 0 aromatic heterocycles. The largest absolute Gasteiger partial charge is 0.377 e. The van der Waals surface area contributed by atoms with Crippen molar-refractivity contribution in [1.82, 2.24) is 4.90 Å². The van der Waals surface area contributed by atoms with Gasteiger partial charge in [-0.05, 0) is 54.4 Å². The molecule has 4 nitrogen and oxygen atoms in total. The third-order valence-electron chi connectivity index (χ3n) is 3.35. The van der Waals surface area contributed by atoms with E-state index in [0.717, 1.165) is 36.2 Å². The molecule has 1 amide bonds. The number of hydrogen-bond acceptors (Lipinski definition) is 3. The van der Waals surface area contributed by atoms with Gasteiger partial charge in [-0.1, -0.05) is 12.1 Å². The van der Waals surface area contributed by atoms with E-state index in [1.54, 1.807) is 0 Å². The summed E-state index contributed by atoms with van der Waals surface area (Å²) < 4.78 is 6.58. The molecule has 20 heavy (non-hydrogen) atoms. The first kappa shape index (κ1) is 15.5. The number of para-hydroxylation sites is 1. The van der Waals surface area contributed by atoms with Gasteiger partial charge >= 0.3 is 0 Å². The molecule has 1 atom stereocenters. The third-order valence-corrected chi connectivity index (χ3v) is 4.04. The SMILES string of the molecule is CN(CC(=O)Nc1ccccc1Br)CC1CCCCO1. The summed E-state index contributed by atoms with van der Waals surface area (Å²) in [6.45, 7) is 2.03. The summed E-state index contributed by atoms with van der Waals surface area (Å²) in [7, 11) is 1.96. The van der Waals surface area contributed by atoms with E-state index in [0.29, 0.717) is 6.54 Å². The van der Waals surface area contributed by atoms with Crippen molar-refractivity contribution in [3.05, 3.63) is 28.7 Å². The molecule has 1 fully saturated rings. The van der Waals surface area contributed by atoms with E-state index < -0.39 is 0 Å². The first-order chi connectivity index (χ1) is 9.65. The maximum absolute atomic E-state index is 12.0. The van der Waals surface area contributed by atoms with E-state index in [-0.39, 0.29) is 12.0 Å². The highest BCUT2D eigenvalue weighted by atomic mass is 79.9. The Morgan fingerprint density at radius 1 is 1.45 bits per heavy atom. The molecule has 1 aliphatic rings. The Bertz CT molecular complexity index is 447. The number of nitrogens with zero attached hydrogens (tertiary/aromatic N) is 1. The van der Waals surface area contributed by atoms with Crippen molar-refractivity contribution in [1.29, 1.82) is 0 Å². The van der Waals surface area contributed by atoms with Gasteiger partial charge in [0, 0.05) is 17.6 Å². The van der Waals surface area contributed by atoms with Gasteiger partial charge in [-0.2, -0.15) is 0 Å². The summed E-state index contributed by atoms with van der Waals surface area (Å²) in [6.07, 6.45) is 3.74. The quantitative estimate of drug-likeness (QED) is 0.895. The molecule has 2 rings (SSSR count). The van der Waals surface area contributed by atoms with Crippen molar-refractivity contribution < 1.29 is 9.53 Å². The first-order valence-corrected chi connectivity index (χ1v) is 7.79. The minimum absolute atomic E-state index is 0.00444. The summed E-state index contributed by atoms with van der Waals surface area (Å²) >= 11 is 3.42. The Kier molecular flexibility index (Phi) is 6.01. The standard InChI is InChI=1S/C15H21BrN2O2/c1-18(10-12-6-4-5-9-20-12)11-15(19)17-14-8-3-2-7-13(14)16/h2-3,7-8,12H,4-6,9-11H2,1H3,(H,17,19). The van der Waals surface area contributed by atoms with Crippen molar-refractivity contribution in [2.24, 2.45) is 0 Å². The number of nitrogens with one attached hydrogen (secondary N) is 1. The number of benzene rings is 1. The van der Waals surface area contributed by atoms with E-state index in [1.165, 1.54) is 6.42 Å². The fraction of sp³-hybridized carbons (Fsp3) is 0.533. The Morgan fingerprint density at radius 3 is 2.95 bits per heavy atom. The van der Waals surface area contributed by atoms with E-state index in [1.807, 2.05) is 36.2 Å². The van der Waals surface area contributed by atoms with E-state index in [4.69, 9.17) is 4.74 Å². The van der Waals surface area contributed by atoms with Crippen molar-refractivity contribution in [3.8, 4) is 0 Å². The van der Waals surface area contributed by atoms with Crippen LogP contribution in [0.4, 0.5) is 5.69 Å². The minimum Gasteiger partial charge on any atom is -0.377 e. The van der Waals surface area contributed by atoms with Gasteiger partial charge in [-0.25, -0.2) is 0 Å². The predicted molar refractivity (Wildman–Crippen MR) is 83.9 cm³/mol. The lowest BCUT2D eigenvalue weighted by atomic mass is 10.1. The molecule has 0 saturated carbocycles. The normalized spacial score (nSPS) is 19.1. The van der Waals surface area contributed by atoms with Crippen LogP contribution in [0.25, 0.3) is 0 Å². The highest BCUT2D eigenvalue weighted by Gasteiger charge is 2.17. The Labute approximate surface area is 128 Å². The Balaban J connectivity index is 1.77. The topological polar surface area (TPSA) is 41.6 Å². The van der Waals surface area contributed by atoms with Crippen LogP contribution in [0.3, 0.4) is 0 Å². The zero-order chi connectivity index (χ0) is 14.4. The highest BCUT2D eigenvalue weighted by Crippen LogP contribution is 2.21. The molecular weight excluding hydrogens is 320 g/mol. The number of carbonyl (C=O) groups excluding carboxylic acids is 1. The lowest BCUT2D eigenvalue weighted by Gasteiger charge is -2.27. The van der Waals surface area contributed by atoms with Crippen molar-refractivity contribution >= 4 is 27.5 Å². The molecular formula is C15H21BrN2O2. The number of carbonyl (C=O) groups is 1. The van der Waals surface area contributed by atoms with Crippen LogP contribution in [0.2, 0.25) is 0 Å². The van der Waals surface area contributed by atoms with Gasteiger partial charge in [0.25, 0.3) is 0 Å². The van der Waals surface area contributed by atoms with Gasteiger partial charge in [0.05, 0.1) is 18.3 Å². The first-order valence-electron chi connectivity index (χ1n) is 6.99. The molecule has 1 aromatic carbocycles. The number of likely N-dealkylation sites (N-methyl/N-ethyl adjacent to an activating group) is 1. The minimum atomic E-state index is -0.00444. The van der Waals surface area contributed by atoms with Crippen LogP contribution in [0, 0.1) is 0 Å². The zero-order valence-corrected chi connectivity index (χ0v) is 13.4. The van der Waals surface area contributed by atoms with Gasteiger partial charge < -0.3 is 10.1 Å². The molecule has 110 valence electrons. The maximum Gasteiger partial charge on any atom is 0.238 e. The molecule has 1 heterocycles. The molecule has 0 spiro atoms. The van der Waals surface area contributed by atoms with Crippen LogP contribution in [-0.4, -0.2) is 43.7 Å². The van der Waals surface area contributed by atoms with E-state index >= 15 is 0 Å². The van der Waals surface area contributed by atoms with Gasteiger partial charge in [-0.3, -0.25) is 9.69 Å². The lowest BCUT2D eigenvalue weighted by molar-refractivity contribution is -0.117. The highest BCUT2D eigenvalue weighted by molar-refractivity contribution is 9.10. The smallest absolute Gasteiger partial charge is 0.238 e. The summed E-state index contributed by atoms with van der Waals surface area (Å²) in [5.74, 6) is -0.00444. The third kappa shape index (κ3) is 4.89. The number of hydrogen-bond donors (Lipinski definition) is 1. The molecule has 0 aliphatic carbocycles. The van der Waals surface area contributed by atoms with Crippen LogP contribution >= 0.6 is 15.9 Å². The fourth-order valence-corrected chi connectivity index (χ4v) is 2.74. The predicted octanol–water partition coefficient (Wildman–Crippen LogP) is 2.89. The number of amides is 1. The summed E-state index contributed by atoms with van der Waals surface area (Å²) in [6, 6.07) is 7.62. The van der Waals surface area contributed by atoms with Crippen molar-refractivity contribution in [3.63, 3.8) is 0 Å². The zero-order valence-electron chi connectivity index (χ0n) is 11.8. The molecule has 5 heteroatoms. The van der Waals surface area contributed by atoms with E-state index in [2.05, 4.69) is 21.2 Å². The molecule has 0 bridgehead atoms. The molecule has 1 unspecified atom stereocenters. The van der Waals surface area contributed by atoms with Crippen molar-refractivity contribution in [2.75, 3.05) is 32.1 Å². The molecule has 0 radical (unpaired) electrons. The number of rotatable bonds is 5. The second-order valence-electron chi connectivity index (χ2n) is 5.21. The summed E-state index contributed by atoms with van der Waals surface area (Å²) in [5.41, 5.74) is 0.805. The number of ether oxygens (including phenoxy) is 1. The van der Waals surface area contributed by atoms with Crippen LogP contribution in [-0.2, 0) is 9.53 Å². The second kappa shape index (κ2) is 7.76. The van der Waals surface area contributed by atoms with Crippen LogP contribution < -0.4 is 5.32 Å². The Hall–Kier alpha value is -0.910. The maximum atomic E-state index is 12.0. The number of halogens is 1. The van der Waals surface area contributed by atoms with Gasteiger partial charge in [0.2, 0.25) is 5.91 Å². The molecule has 1 N–H and O–H groups in total. The van der Waals surface area contributed by atoms with Gasteiger partial charge in [-0.15, -0.1) is 0 Å². The molecule has 1 aromatic rings. The van der Waals surface area contributed by atoms with Gasteiger partial charge in [0.15, 0.2) is 0 Å². The monoisotopic (exact) mass is 340 g/mol. The average molecular weight is 341 g/mol. The average Bonchev–Trinajstić information content (AvgIpc) is 2.42. The van der Waals surface area contributed by atoms with Gasteiger partial charge in [0.1, 0.15) is 0 Å². The fourth-order valence-electron chi connectivity index (χ4n) is 2.36. The Morgan fingerprint density at radius 2 is 2.25 bits per heavy atom. The van der Waals surface area contributed by atoms with Crippen molar-refractivity contribution in [2.45, 2.75) is 25.4 Å². The van der Waals surface area contributed by atoms with E-state index in [9.17, 15) is 4.79 Å². The lowest BCUT2D eigenvalue weighted by Crippen LogP contribution is -2.37. The van der Waals surface area contributed by atoms with Crippen LogP contribution in [0.5, 0.6) is 0 Å². The number of anilines is 1. The summed E-state index contributed by atoms with van der Waals surface area (Å²) in [5, 5.41) is 2.91. The second-order valence-corrected chi connectivity index (χ2v) is 6.07. The van der Waals surface area contributed by atoms with Crippen LogP contribution in [0.15, 0.2) is 28.7 Å². The van der Waals surface area contributed by atoms with Crippen LogP contribution in [0.1, 0.15) is 19.3 Å². The summed E-state index contributed by atoms with van der Waals surface area (Å²) in [4.78, 5) is 14.0. The molecule has 1 saturated heterocycles.